The minimum absolute atomic E-state index is 0.243. The molecule has 0 spiro atoms. The third-order valence-corrected chi connectivity index (χ3v) is 4.80. The third-order valence-electron chi connectivity index (χ3n) is 4.80. The Morgan fingerprint density at radius 2 is 1.61 bits per heavy atom. The van der Waals surface area contributed by atoms with E-state index in [9.17, 15) is 14.4 Å². The predicted molar refractivity (Wildman–Crippen MR) is 136 cm³/mol. The standard InChI is InChI=1S/C26H26N4O6/c1-17-6-4-8-20(14-17)29-25(32)26(33)30-27-15-18-7-5-9-22(35-3)24(18)36-16-23(31)28-19-10-12-21(34-2)13-11-19/h4-15H,16H2,1-3H3,(H,28,31)(H,29,32)(H,30,33)/b27-15-. The Bertz CT molecular complexity index is 1260. The maximum atomic E-state index is 12.4. The van der Waals surface area contributed by atoms with Crippen LogP contribution in [0.1, 0.15) is 11.1 Å². The van der Waals surface area contributed by atoms with E-state index in [0.717, 1.165) is 5.56 Å². The number of benzene rings is 3. The summed E-state index contributed by atoms with van der Waals surface area (Å²) >= 11 is 0. The number of nitrogens with one attached hydrogen (secondary N) is 3. The minimum Gasteiger partial charge on any atom is -0.497 e. The quantitative estimate of drug-likeness (QED) is 0.240. The molecule has 0 atom stereocenters. The molecular formula is C26H26N4O6. The molecule has 3 rings (SSSR count). The number of ether oxygens (including phenoxy) is 3. The summed E-state index contributed by atoms with van der Waals surface area (Å²) in [5, 5.41) is 9.05. The van der Waals surface area contributed by atoms with Crippen LogP contribution in [-0.2, 0) is 14.4 Å². The highest BCUT2D eigenvalue weighted by molar-refractivity contribution is 6.39. The van der Waals surface area contributed by atoms with Crippen molar-refractivity contribution in [3.63, 3.8) is 0 Å². The number of hydrogen-bond donors (Lipinski definition) is 3. The third kappa shape index (κ3) is 7.32. The van der Waals surface area contributed by atoms with Gasteiger partial charge in [0.15, 0.2) is 18.1 Å². The number of aryl methyl sites for hydroxylation is 1. The first-order valence-electron chi connectivity index (χ1n) is 10.8. The van der Waals surface area contributed by atoms with Crippen molar-refractivity contribution in [3.8, 4) is 17.2 Å². The molecular weight excluding hydrogens is 464 g/mol. The number of carbonyl (C=O) groups is 3. The van der Waals surface area contributed by atoms with Gasteiger partial charge in [-0.25, -0.2) is 5.43 Å². The molecule has 0 bridgehead atoms. The molecule has 10 heteroatoms. The van der Waals surface area contributed by atoms with Crippen molar-refractivity contribution in [2.24, 2.45) is 5.10 Å². The van der Waals surface area contributed by atoms with Crippen molar-refractivity contribution in [1.29, 1.82) is 0 Å². The molecule has 0 saturated carbocycles. The zero-order valence-electron chi connectivity index (χ0n) is 20.0. The smallest absolute Gasteiger partial charge is 0.329 e. The lowest BCUT2D eigenvalue weighted by molar-refractivity contribution is -0.136. The van der Waals surface area contributed by atoms with E-state index < -0.39 is 17.7 Å². The molecule has 0 aliphatic rings. The van der Waals surface area contributed by atoms with E-state index in [-0.39, 0.29) is 12.4 Å². The van der Waals surface area contributed by atoms with Gasteiger partial charge in [0.2, 0.25) is 0 Å². The van der Waals surface area contributed by atoms with Gasteiger partial charge < -0.3 is 24.8 Å². The molecule has 3 amide bonds. The molecule has 0 saturated heterocycles. The van der Waals surface area contributed by atoms with Crippen LogP contribution < -0.4 is 30.3 Å². The Kier molecular flexibility index (Phi) is 8.99. The molecule has 0 unspecified atom stereocenters. The minimum atomic E-state index is -0.947. The van der Waals surface area contributed by atoms with Gasteiger partial charge >= 0.3 is 11.8 Å². The van der Waals surface area contributed by atoms with Gasteiger partial charge in [-0.2, -0.15) is 5.10 Å². The molecule has 3 aromatic carbocycles. The fraction of sp³-hybridized carbons (Fsp3) is 0.154. The Morgan fingerprint density at radius 3 is 2.31 bits per heavy atom. The van der Waals surface area contributed by atoms with Crippen LogP contribution in [0.5, 0.6) is 17.2 Å². The summed E-state index contributed by atoms with van der Waals surface area (Å²) in [6, 6.07) is 18.9. The molecule has 0 aliphatic carbocycles. The monoisotopic (exact) mass is 490 g/mol. The molecule has 36 heavy (non-hydrogen) atoms. The summed E-state index contributed by atoms with van der Waals surface area (Å²) < 4.78 is 16.1. The van der Waals surface area contributed by atoms with Gasteiger partial charge in [-0.3, -0.25) is 14.4 Å². The fourth-order valence-corrected chi connectivity index (χ4v) is 3.08. The molecule has 0 radical (unpaired) electrons. The van der Waals surface area contributed by atoms with Crippen molar-refractivity contribution in [1.82, 2.24) is 5.43 Å². The van der Waals surface area contributed by atoms with Crippen molar-refractivity contribution in [2.45, 2.75) is 6.92 Å². The van der Waals surface area contributed by atoms with Gasteiger partial charge in [-0.15, -0.1) is 0 Å². The normalized spacial score (nSPS) is 10.4. The maximum Gasteiger partial charge on any atom is 0.329 e. The topological polar surface area (TPSA) is 127 Å². The maximum absolute atomic E-state index is 12.4. The number of anilines is 2. The van der Waals surface area contributed by atoms with Crippen LogP contribution in [0.25, 0.3) is 0 Å². The van der Waals surface area contributed by atoms with Crippen molar-refractivity contribution >= 4 is 35.3 Å². The SMILES string of the molecule is COc1ccc(NC(=O)COc2c(/C=N\NC(=O)C(=O)Nc3cccc(C)c3)cccc2OC)cc1. The largest absolute Gasteiger partial charge is 0.497 e. The number of nitrogens with zero attached hydrogens (tertiary/aromatic N) is 1. The number of amides is 3. The van der Waals surface area contributed by atoms with Gasteiger partial charge in [0.25, 0.3) is 5.91 Å². The predicted octanol–water partition coefficient (Wildman–Crippen LogP) is 3.12. The van der Waals surface area contributed by atoms with E-state index in [1.54, 1.807) is 67.8 Å². The van der Waals surface area contributed by atoms with Crippen LogP contribution in [0.3, 0.4) is 0 Å². The molecule has 0 aliphatic heterocycles. The van der Waals surface area contributed by atoms with Crippen LogP contribution in [0.2, 0.25) is 0 Å². The van der Waals surface area contributed by atoms with E-state index >= 15 is 0 Å². The van der Waals surface area contributed by atoms with Gasteiger partial charge in [0.1, 0.15) is 5.75 Å². The molecule has 0 fully saturated rings. The van der Waals surface area contributed by atoms with Crippen LogP contribution in [0.15, 0.2) is 71.8 Å². The van der Waals surface area contributed by atoms with Gasteiger partial charge in [0, 0.05) is 16.9 Å². The Hall–Kier alpha value is -4.86. The molecule has 0 heterocycles. The van der Waals surface area contributed by atoms with E-state index in [1.807, 2.05) is 13.0 Å². The second kappa shape index (κ2) is 12.6. The van der Waals surface area contributed by atoms with E-state index in [4.69, 9.17) is 14.2 Å². The number of rotatable bonds is 9. The first-order valence-corrected chi connectivity index (χ1v) is 10.8. The van der Waals surface area contributed by atoms with E-state index in [2.05, 4.69) is 21.2 Å². The lowest BCUT2D eigenvalue weighted by Crippen LogP contribution is -2.32. The van der Waals surface area contributed by atoms with Crippen molar-refractivity contribution in [2.75, 3.05) is 31.5 Å². The van der Waals surface area contributed by atoms with Gasteiger partial charge in [0.05, 0.1) is 20.4 Å². The average Bonchev–Trinajstić information content (AvgIpc) is 2.88. The van der Waals surface area contributed by atoms with Gasteiger partial charge in [-0.05, 0) is 61.0 Å². The Morgan fingerprint density at radius 1 is 0.861 bits per heavy atom. The number of methoxy groups -OCH3 is 2. The zero-order chi connectivity index (χ0) is 25.9. The van der Waals surface area contributed by atoms with E-state index in [0.29, 0.717) is 28.4 Å². The van der Waals surface area contributed by atoms with Crippen LogP contribution >= 0.6 is 0 Å². The van der Waals surface area contributed by atoms with Gasteiger partial charge in [-0.1, -0.05) is 18.2 Å². The number of carbonyl (C=O) groups excluding carboxylic acids is 3. The van der Waals surface area contributed by atoms with Crippen molar-refractivity contribution in [3.05, 3.63) is 77.9 Å². The summed E-state index contributed by atoms with van der Waals surface area (Å²) in [5.41, 5.74) is 4.61. The molecule has 3 aromatic rings. The molecule has 0 aromatic heterocycles. The van der Waals surface area contributed by atoms with Crippen LogP contribution in [-0.4, -0.2) is 44.8 Å². The summed E-state index contributed by atoms with van der Waals surface area (Å²) in [6.45, 7) is 1.56. The zero-order valence-corrected chi connectivity index (χ0v) is 20.0. The van der Waals surface area contributed by atoms with Crippen LogP contribution in [0, 0.1) is 6.92 Å². The lowest BCUT2D eigenvalue weighted by Gasteiger charge is -2.13. The molecule has 186 valence electrons. The summed E-state index contributed by atoms with van der Waals surface area (Å²) in [5.74, 6) is -0.934. The molecule has 10 nitrogen and oxygen atoms in total. The second-order valence-electron chi connectivity index (χ2n) is 7.47. The Labute approximate surface area is 208 Å². The summed E-state index contributed by atoms with van der Waals surface area (Å²) in [6.07, 6.45) is 1.29. The number of para-hydroxylation sites is 1. The average molecular weight is 491 g/mol. The van der Waals surface area contributed by atoms with Crippen molar-refractivity contribution < 1.29 is 28.6 Å². The molecule has 3 N–H and O–H groups in total. The number of hydrogen-bond acceptors (Lipinski definition) is 7. The Balaban J connectivity index is 1.61. The highest BCUT2D eigenvalue weighted by atomic mass is 16.5. The summed E-state index contributed by atoms with van der Waals surface area (Å²) in [7, 11) is 3.01. The first kappa shape index (κ1) is 25.8. The summed E-state index contributed by atoms with van der Waals surface area (Å²) in [4.78, 5) is 36.6. The lowest BCUT2D eigenvalue weighted by atomic mass is 10.2. The second-order valence-corrected chi connectivity index (χ2v) is 7.47. The highest BCUT2D eigenvalue weighted by Crippen LogP contribution is 2.30. The fourth-order valence-electron chi connectivity index (χ4n) is 3.08. The van der Waals surface area contributed by atoms with E-state index in [1.165, 1.54) is 13.3 Å². The first-order chi connectivity index (χ1) is 17.4. The van der Waals surface area contributed by atoms with Crippen LogP contribution in [0.4, 0.5) is 11.4 Å². The number of hydrazone groups is 1. The highest BCUT2D eigenvalue weighted by Gasteiger charge is 2.14.